The third-order valence-electron chi connectivity index (χ3n) is 2.94. The molecule has 1 N–H and O–H groups in total. The van der Waals surface area contributed by atoms with Crippen molar-refractivity contribution >= 4 is 11.6 Å². The molecule has 7 nitrogen and oxygen atoms in total. The monoisotopic (exact) mass is 295 g/mol. The Labute approximate surface area is 126 Å². The predicted molar refractivity (Wildman–Crippen MR) is 80.1 cm³/mol. The Morgan fingerprint density at radius 1 is 1.27 bits per heavy atom. The molecule has 0 fully saturated rings. The average Bonchev–Trinajstić information content (AvgIpc) is 3.09. The largest absolute Gasteiger partial charge is 0.481 e. The molecule has 3 heterocycles. The molecule has 3 aromatic rings. The van der Waals surface area contributed by atoms with Crippen molar-refractivity contribution < 1.29 is 9.53 Å². The van der Waals surface area contributed by atoms with Crippen molar-refractivity contribution in [1.82, 2.24) is 19.5 Å². The second kappa shape index (κ2) is 6.04. The fourth-order valence-corrected chi connectivity index (χ4v) is 1.88. The van der Waals surface area contributed by atoms with Crippen molar-refractivity contribution in [2.45, 2.75) is 0 Å². The van der Waals surface area contributed by atoms with Crippen molar-refractivity contribution in [2.24, 2.45) is 0 Å². The van der Waals surface area contributed by atoms with Gasteiger partial charge in [0.05, 0.1) is 7.11 Å². The standard InChI is InChI=1S/C15H13N5O2/c1-22-14-9-11(5-6-17-14)18-15(21)12-3-2-4-13(19-12)20-8-7-16-10-20/h2-10H,1H3,(H,17,18,21). The number of ether oxygens (including phenoxy) is 1. The molecule has 0 aromatic carbocycles. The highest BCUT2D eigenvalue weighted by atomic mass is 16.5. The minimum atomic E-state index is -0.310. The zero-order chi connectivity index (χ0) is 15.4. The molecular formula is C15H13N5O2. The summed E-state index contributed by atoms with van der Waals surface area (Å²) in [4.78, 5) is 24.5. The number of carbonyl (C=O) groups excluding carboxylic acids is 1. The number of aromatic nitrogens is 4. The average molecular weight is 295 g/mol. The van der Waals surface area contributed by atoms with Crippen LogP contribution in [0.15, 0.2) is 55.2 Å². The first kappa shape index (κ1) is 13.7. The molecule has 0 bridgehead atoms. The predicted octanol–water partition coefficient (Wildman–Crippen LogP) is 1.92. The van der Waals surface area contributed by atoms with E-state index in [2.05, 4.69) is 20.3 Å². The fraction of sp³-hybridized carbons (Fsp3) is 0.0667. The van der Waals surface area contributed by atoms with Gasteiger partial charge in [-0.3, -0.25) is 9.36 Å². The molecule has 110 valence electrons. The minimum Gasteiger partial charge on any atom is -0.481 e. The molecule has 0 saturated carbocycles. The lowest BCUT2D eigenvalue weighted by Gasteiger charge is -2.07. The highest BCUT2D eigenvalue weighted by Gasteiger charge is 2.10. The first-order valence-corrected chi connectivity index (χ1v) is 6.53. The summed E-state index contributed by atoms with van der Waals surface area (Å²) in [6.07, 6.45) is 6.59. The van der Waals surface area contributed by atoms with E-state index in [-0.39, 0.29) is 5.91 Å². The molecule has 0 aliphatic rings. The van der Waals surface area contributed by atoms with Crippen molar-refractivity contribution in [3.8, 4) is 11.7 Å². The lowest BCUT2D eigenvalue weighted by molar-refractivity contribution is 0.102. The molecule has 3 rings (SSSR count). The van der Waals surface area contributed by atoms with Gasteiger partial charge in [-0.2, -0.15) is 0 Å². The van der Waals surface area contributed by atoms with Crippen LogP contribution in [0, 0.1) is 0 Å². The number of imidazole rings is 1. The van der Waals surface area contributed by atoms with E-state index in [1.54, 1.807) is 59.8 Å². The molecule has 0 spiro atoms. The molecule has 0 aliphatic carbocycles. The summed E-state index contributed by atoms with van der Waals surface area (Å²) < 4.78 is 6.75. The highest BCUT2D eigenvalue weighted by molar-refractivity contribution is 6.03. The number of nitrogens with one attached hydrogen (secondary N) is 1. The summed E-state index contributed by atoms with van der Waals surface area (Å²) in [6, 6.07) is 8.53. The number of pyridine rings is 2. The fourth-order valence-electron chi connectivity index (χ4n) is 1.88. The zero-order valence-corrected chi connectivity index (χ0v) is 11.8. The molecule has 7 heteroatoms. The Morgan fingerprint density at radius 2 is 2.18 bits per heavy atom. The van der Waals surface area contributed by atoms with Crippen LogP contribution in [-0.2, 0) is 0 Å². The first-order chi connectivity index (χ1) is 10.8. The van der Waals surface area contributed by atoms with Crippen LogP contribution >= 0.6 is 0 Å². The quantitative estimate of drug-likeness (QED) is 0.795. The molecule has 3 aromatic heterocycles. The van der Waals surface area contributed by atoms with E-state index < -0.39 is 0 Å². The Hall–Kier alpha value is -3.22. The van der Waals surface area contributed by atoms with E-state index in [0.29, 0.717) is 23.1 Å². The van der Waals surface area contributed by atoms with Gasteiger partial charge in [0.2, 0.25) is 5.88 Å². The molecule has 0 unspecified atom stereocenters. The van der Waals surface area contributed by atoms with E-state index in [9.17, 15) is 4.79 Å². The maximum Gasteiger partial charge on any atom is 0.274 e. The number of hydrogen-bond donors (Lipinski definition) is 1. The second-order valence-electron chi connectivity index (χ2n) is 4.39. The van der Waals surface area contributed by atoms with E-state index in [0.717, 1.165) is 0 Å². The normalized spacial score (nSPS) is 10.2. The summed E-state index contributed by atoms with van der Waals surface area (Å²) in [5.41, 5.74) is 0.897. The van der Waals surface area contributed by atoms with Crippen LogP contribution < -0.4 is 10.1 Å². The number of methoxy groups -OCH3 is 1. The third-order valence-corrected chi connectivity index (χ3v) is 2.94. The van der Waals surface area contributed by atoms with Gasteiger partial charge in [-0.1, -0.05) is 6.07 Å². The lowest BCUT2D eigenvalue weighted by Crippen LogP contribution is -2.14. The van der Waals surface area contributed by atoms with Crippen LogP contribution in [0.5, 0.6) is 5.88 Å². The van der Waals surface area contributed by atoms with Crippen LogP contribution in [0.1, 0.15) is 10.5 Å². The van der Waals surface area contributed by atoms with Gasteiger partial charge >= 0.3 is 0 Å². The summed E-state index contributed by atoms with van der Waals surface area (Å²) in [5, 5.41) is 2.76. The van der Waals surface area contributed by atoms with Gasteiger partial charge in [-0.05, 0) is 18.2 Å². The number of hydrogen-bond acceptors (Lipinski definition) is 5. The van der Waals surface area contributed by atoms with Crippen LogP contribution in [0.2, 0.25) is 0 Å². The van der Waals surface area contributed by atoms with Crippen molar-refractivity contribution in [3.63, 3.8) is 0 Å². The molecular weight excluding hydrogens is 282 g/mol. The Bertz CT molecular complexity index is 786. The third kappa shape index (κ3) is 2.93. The van der Waals surface area contributed by atoms with Gasteiger partial charge in [0.25, 0.3) is 5.91 Å². The van der Waals surface area contributed by atoms with Gasteiger partial charge in [0, 0.05) is 30.3 Å². The Morgan fingerprint density at radius 3 is 2.95 bits per heavy atom. The van der Waals surface area contributed by atoms with Gasteiger partial charge in [-0.15, -0.1) is 0 Å². The van der Waals surface area contributed by atoms with Crippen LogP contribution in [0.4, 0.5) is 5.69 Å². The molecule has 0 atom stereocenters. The van der Waals surface area contributed by atoms with Crippen molar-refractivity contribution in [3.05, 3.63) is 60.9 Å². The number of carbonyl (C=O) groups is 1. The van der Waals surface area contributed by atoms with Crippen molar-refractivity contribution in [1.29, 1.82) is 0 Å². The van der Waals surface area contributed by atoms with Crippen LogP contribution in [0.3, 0.4) is 0 Å². The molecule has 0 radical (unpaired) electrons. The number of amides is 1. The molecule has 0 saturated heterocycles. The molecule has 1 amide bonds. The number of nitrogens with zero attached hydrogens (tertiary/aromatic N) is 4. The summed E-state index contributed by atoms with van der Waals surface area (Å²) >= 11 is 0. The van der Waals surface area contributed by atoms with E-state index in [1.807, 2.05) is 0 Å². The lowest BCUT2D eigenvalue weighted by atomic mass is 10.3. The van der Waals surface area contributed by atoms with Gasteiger partial charge in [0.1, 0.15) is 17.8 Å². The maximum absolute atomic E-state index is 12.3. The highest BCUT2D eigenvalue weighted by Crippen LogP contribution is 2.14. The Kier molecular flexibility index (Phi) is 3.78. The van der Waals surface area contributed by atoms with Crippen LogP contribution in [-0.4, -0.2) is 32.5 Å². The summed E-state index contributed by atoms with van der Waals surface area (Å²) in [5.74, 6) is 0.741. The zero-order valence-electron chi connectivity index (χ0n) is 11.8. The maximum atomic E-state index is 12.3. The Balaban J connectivity index is 1.81. The SMILES string of the molecule is COc1cc(NC(=O)c2cccc(-n3ccnc3)n2)ccn1. The van der Waals surface area contributed by atoms with Gasteiger partial charge in [-0.25, -0.2) is 15.0 Å². The smallest absolute Gasteiger partial charge is 0.274 e. The topological polar surface area (TPSA) is 81.9 Å². The van der Waals surface area contributed by atoms with E-state index >= 15 is 0 Å². The number of rotatable bonds is 4. The van der Waals surface area contributed by atoms with E-state index in [4.69, 9.17) is 4.74 Å². The van der Waals surface area contributed by atoms with Crippen molar-refractivity contribution in [2.75, 3.05) is 12.4 Å². The second-order valence-corrected chi connectivity index (χ2v) is 4.39. The molecule has 0 aliphatic heterocycles. The van der Waals surface area contributed by atoms with Gasteiger partial charge in [0.15, 0.2) is 0 Å². The van der Waals surface area contributed by atoms with Gasteiger partial charge < -0.3 is 10.1 Å². The van der Waals surface area contributed by atoms with E-state index in [1.165, 1.54) is 7.11 Å². The van der Waals surface area contributed by atoms with Crippen LogP contribution in [0.25, 0.3) is 5.82 Å². The minimum absolute atomic E-state index is 0.307. The number of anilines is 1. The summed E-state index contributed by atoms with van der Waals surface area (Å²) in [6.45, 7) is 0. The molecule has 22 heavy (non-hydrogen) atoms. The first-order valence-electron chi connectivity index (χ1n) is 6.53. The summed E-state index contributed by atoms with van der Waals surface area (Å²) in [7, 11) is 1.52.